The maximum Gasteiger partial charge on any atom is 0.315 e. The van der Waals surface area contributed by atoms with Crippen LogP contribution in [0.2, 0.25) is 0 Å². The third-order valence-corrected chi connectivity index (χ3v) is 3.20. The molecule has 17 heavy (non-hydrogen) atoms. The van der Waals surface area contributed by atoms with Crippen LogP contribution in [0.5, 0.6) is 0 Å². The Bertz CT molecular complexity index is 355. The van der Waals surface area contributed by atoms with Gasteiger partial charge in [-0.25, -0.2) is 0 Å². The molecule has 1 aromatic rings. The van der Waals surface area contributed by atoms with Crippen LogP contribution in [0.1, 0.15) is 30.7 Å². The largest absolute Gasteiger partial charge is 0.468 e. The molecular formula is C14H18O3. The Kier molecular flexibility index (Phi) is 4.15. The summed E-state index contributed by atoms with van der Waals surface area (Å²) in [6.07, 6.45) is 3.08. The van der Waals surface area contributed by atoms with Crippen molar-refractivity contribution in [1.82, 2.24) is 0 Å². The van der Waals surface area contributed by atoms with E-state index in [1.165, 1.54) is 7.11 Å². The van der Waals surface area contributed by atoms with Gasteiger partial charge in [-0.3, -0.25) is 4.79 Å². The van der Waals surface area contributed by atoms with E-state index in [2.05, 4.69) is 0 Å². The van der Waals surface area contributed by atoms with Crippen LogP contribution in [0, 0.1) is 0 Å². The van der Waals surface area contributed by atoms with Crippen LogP contribution >= 0.6 is 0 Å². The molecule has 92 valence electrons. The quantitative estimate of drug-likeness (QED) is 0.754. The molecule has 0 radical (unpaired) electrons. The fraction of sp³-hybridized carbons (Fsp3) is 0.500. The Morgan fingerprint density at radius 3 is 2.71 bits per heavy atom. The van der Waals surface area contributed by atoms with Crippen molar-refractivity contribution in [2.45, 2.75) is 31.3 Å². The van der Waals surface area contributed by atoms with E-state index in [9.17, 15) is 4.79 Å². The topological polar surface area (TPSA) is 35.5 Å². The second kappa shape index (κ2) is 5.82. The molecule has 3 heteroatoms. The summed E-state index contributed by atoms with van der Waals surface area (Å²) < 4.78 is 10.6. The van der Waals surface area contributed by atoms with Gasteiger partial charge < -0.3 is 9.47 Å². The zero-order valence-electron chi connectivity index (χ0n) is 10.1. The fourth-order valence-corrected chi connectivity index (χ4v) is 2.32. The fourth-order valence-electron chi connectivity index (χ4n) is 2.32. The van der Waals surface area contributed by atoms with Gasteiger partial charge in [0.15, 0.2) is 0 Å². The average molecular weight is 234 g/mol. The van der Waals surface area contributed by atoms with Crippen LogP contribution in [0.3, 0.4) is 0 Å². The molecule has 2 rings (SSSR count). The minimum Gasteiger partial charge on any atom is -0.468 e. The Balaban J connectivity index is 2.21. The first-order valence-corrected chi connectivity index (χ1v) is 6.07. The zero-order chi connectivity index (χ0) is 12.1. The van der Waals surface area contributed by atoms with Crippen molar-refractivity contribution in [3.8, 4) is 0 Å². The van der Waals surface area contributed by atoms with Crippen molar-refractivity contribution in [3.05, 3.63) is 35.9 Å². The number of ether oxygens (including phenoxy) is 2. The lowest BCUT2D eigenvalue weighted by Gasteiger charge is -2.29. The Morgan fingerprint density at radius 1 is 1.35 bits per heavy atom. The zero-order valence-corrected chi connectivity index (χ0v) is 10.1. The molecule has 1 aliphatic rings. The molecule has 2 atom stereocenters. The van der Waals surface area contributed by atoms with Crippen molar-refractivity contribution in [1.29, 1.82) is 0 Å². The Hall–Kier alpha value is -1.35. The number of carbonyl (C=O) groups is 1. The first kappa shape index (κ1) is 12.1. The van der Waals surface area contributed by atoms with E-state index in [0.29, 0.717) is 0 Å². The van der Waals surface area contributed by atoms with E-state index in [0.717, 1.165) is 31.4 Å². The van der Waals surface area contributed by atoms with Gasteiger partial charge >= 0.3 is 5.97 Å². The van der Waals surface area contributed by atoms with Gasteiger partial charge in [0.2, 0.25) is 0 Å². The summed E-state index contributed by atoms with van der Waals surface area (Å²) >= 11 is 0. The van der Waals surface area contributed by atoms with Gasteiger partial charge in [0.1, 0.15) is 5.92 Å². The van der Waals surface area contributed by atoms with E-state index in [1.807, 2.05) is 30.3 Å². The first-order valence-electron chi connectivity index (χ1n) is 6.07. The molecule has 1 aromatic carbocycles. The van der Waals surface area contributed by atoms with E-state index < -0.39 is 0 Å². The van der Waals surface area contributed by atoms with Crippen molar-refractivity contribution in [2.75, 3.05) is 13.7 Å². The summed E-state index contributed by atoms with van der Waals surface area (Å²) in [6, 6.07) is 9.74. The minimum atomic E-state index is -0.290. The molecule has 1 fully saturated rings. The van der Waals surface area contributed by atoms with E-state index in [4.69, 9.17) is 9.47 Å². The van der Waals surface area contributed by atoms with Crippen LogP contribution in [0.15, 0.2) is 30.3 Å². The maximum absolute atomic E-state index is 11.9. The Morgan fingerprint density at radius 2 is 2.12 bits per heavy atom. The summed E-state index contributed by atoms with van der Waals surface area (Å²) in [6.45, 7) is 0.741. The number of benzene rings is 1. The van der Waals surface area contributed by atoms with E-state index in [-0.39, 0.29) is 18.0 Å². The second-order valence-electron chi connectivity index (χ2n) is 4.32. The van der Waals surface area contributed by atoms with Crippen LogP contribution in [-0.4, -0.2) is 25.8 Å². The number of esters is 1. The maximum atomic E-state index is 11.9. The van der Waals surface area contributed by atoms with Gasteiger partial charge in [-0.05, 0) is 24.8 Å². The minimum absolute atomic E-state index is 0.0430. The van der Waals surface area contributed by atoms with Crippen LogP contribution < -0.4 is 0 Å². The summed E-state index contributed by atoms with van der Waals surface area (Å²) in [7, 11) is 1.43. The van der Waals surface area contributed by atoms with Gasteiger partial charge in [0, 0.05) is 6.61 Å². The molecule has 0 unspecified atom stereocenters. The molecular weight excluding hydrogens is 216 g/mol. The third-order valence-electron chi connectivity index (χ3n) is 3.20. The number of carbonyl (C=O) groups excluding carboxylic acids is 1. The molecule has 0 spiro atoms. The van der Waals surface area contributed by atoms with Gasteiger partial charge in [0.25, 0.3) is 0 Å². The monoisotopic (exact) mass is 234 g/mol. The van der Waals surface area contributed by atoms with Gasteiger partial charge in [0.05, 0.1) is 13.2 Å². The predicted molar refractivity (Wildman–Crippen MR) is 64.8 cm³/mol. The number of rotatable bonds is 3. The molecule has 0 saturated carbocycles. The molecule has 0 aromatic heterocycles. The number of methoxy groups -OCH3 is 1. The van der Waals surface area contributed by atoms with Gasteiger partial charge in [-0.15, -0.1) is 0 Å². The van der Waals surface area contributed by atoms with Crippen molar-refractivity contribution >= 4 is 5.97 Å². The highest BCUT2D eigenvalue weighted by Gasteiger charge is 2.32. The molecule has 0 aliphatic carbocycles. The molecule has 0 amide bonds. The van der Waals surface area contributed by atoms with Gasteiger partial charge in [-0.2, -0.15) is 0 Å². The van der Waals surface area contributed by atoms with Crippen molar-refractivity contribution in [2.24, 2.45) is 0 Å². The highest BCUT2D eigenvalue weighted by atomic mass is 16.5. The summed E-state index contributed by atoms with van der Waals surface area (Å²) in [5, 5.41) is 0. The smallest absolute Gasteiger partial charge is 0.315 e. The molecule has 0 bridgehead atoms. The van der Waals surface area contributed by atoms with Crippen LogP contribution in [-0.2, 0) is 14.3 Å². The first-order chi connectivity index (χ1) is 8.33. The summed E-state index contributed by atoms with van der Waals surface area (Å²) in [5.74, 6) is -0.496. The van der Waals surface area contributed by atoms with Crippen molar-refractivity contribution < 1.29 is 14.3 Å². The predicted octanol–water partition coefficient (Wildman–Crippen LogP) is 2.51. The summed E-state index contributed by atoms with van der Waals surface area (Å²) in [5.41, 5.74) is 0.978. The molecule has 1 saturated heterocycles. The number of hydrogen-bond donors (Lipinski definition) is 0. The Labute approximate surface area is 102 Å². The lowest BCUT2D eigenvalue weighted by Crippen LogP contribution is -2.32. The van der Waals surface area contributed by atoms with E-state index in [1.54, 1.807) is 0 Å². The standard InChI is InChI=1S/C14H18O3/c1-16-14(15)13(11-7-3-2-4-8-11)12-9-5-6-10-17-12/h2-4,7-8,12-13H,5-6,9-10H2,1H3/t12-,13+/m0/s1. The molecule has 0 N–H and O–H groups in total. The normalized spacial score (nSPS) is 21.8. The average Bonchev–Trinajstić information content (AvgIpc) is 2.41. The van der Waals surface area contributed by atoms with Crippen LogP contribution in [0.25, 0.3) is 0 Å². The lowest BCUT2D eigenvalue weighted by molar-refractivity contribution is -0.147. The van der Waals surface area contributed by atoms with Crippen molar-refractivity contribution in [3.63, 3.8) is 0 Å². The SMILES string of the molecule is COC(=O)[C@H](c1ccccc1)[C@@H]1CCCCO1. The molecule has 1 heterocycles. The third kappa shape index (κ3) is 2.86. The van der Waals surface area contributed by atoms with Gasteiger partial charge in [-0.1, -0.05) is 30.3 Å². The second-order valence-corrected chi connectivity index (χ2v) is 4.32. The van der Waals surface area contributed by atoms with E-state index >= 15 is 0 Å². The highest BCUT2D eigenvalue weighted by molar-refractivity contribution is 5.78. The summed E-state index contributed by atoms with van der Waals surface area (Å²) in [4.78, 5) is 11.9. The lowest BCUT2D eigenvalue weighted by atomic mass is 9.89. The highest BCUT2D eigenvalue weighted by Crippen LogP contribution is 2.29. The number of hydrogen-bond acceptors (Lipinski definition) is 3. The van der Waals surface area contributed by atoms with Crippen LogP contribution in [0.4, 0.5) is 0 Å². The molecule has 1 aliphatic heterocycles. The molecule has 3 nitrogen and oxygen atoms in total.